The van der Waals surface area contributed by atoms with Crippen molar-refractivity contribution in [3.63, 3.8) is 0 Å². The average Bonchev–Trinajstić information content (AvgIpc) is 3.27. The summed E-state index contributed by atoms with van der Waals surface area (Å²) >= 11 is 0. The van der Waals surface area contributed by atoms with Gasteiger partial charge >= 0.3 is 0 Å². The van der Waals surface area contributed by atoms with E-state index in [1.165, 1.54) is 27.9 Å². The third kappa shape index (κ3) is 2.45. The fourth-order valence-electron chi connectivity index (χ4n) is 4.37. The lowest BCUT2D eigenvalue weighted by Crippen LogP contribution is -2.29. The average molecular weight is 422 g/mol. The number of carbonyl (C=O) groups excluding carboxylic acids is 2. The van der Waals surface area contributed by atoms with Crippen LogP contribution in [-0.4, -0.2) is 26.6 Å². The maximum Gasteiger partial charge on any atom is 0.267 e. The van der Waals surface area contributed by atoms with Crippen molar-refractivity contribution in [3.05, 3.63) is 95.6 Å². The number of hydrogen-bond acceptors (Lipinski definition) is 4. The lowest BCUT2D eigenvalue weighted by Gasteiger charge is -2.16. The van der Waals surface area contributed by atoms with Gasteiger partial charge in [-0.3, -0.25) is 9.59 Å². The summed E-state index contributed by atoms with van der Waals surface area (Å²) < 4.78 is 15.3. The Balaban J connectivity index is 1.58. The molecule has 0 fully saturated rings. The molecular formula is C25H15FN4O2. The molecule has 7 heteroatoms. The van der Waals surface area contributed by atoms with Crippen molar-refractivity contribution in [2.45, 2.75) is 6.92 Å². The Bertz CT molecular complexity index is 1600. The molecule has 0 unspecified atom stereocenters. The van der Waals surface area contributed by atoms with Crippen LogP contribution in [-0.2, 0) is 0 Å². The number of imide groups is 1. The number of anilines is 1. The van der Waals surface area contributed by atoms with E-state index in [1.807, 2.05) is 36.4 Å². The van der Waals surface area contributed by atoms with Crippen LogP contribution < -0.4 is 4.90 Å². The van der Waals surface area contributed by atoms with Crippen molar-refractivity contribution in [1.82, 2.24) is 14.8 Å². The molecule has 0 N–H and O–H groups in total. The number of halogens is 1. The molecule has 6 nitrogen and oxygen atoms in total. The number of fused-ring (bicyclic) bond motifs is 4. The Kier molecular flexibility index (Phi) is 3.76. The third-order valence-electron chi connectivity index (χ3n) is 5.78. The van der Waals surface area contributed by atoms with Gasteiger partial charge < -0.3 is 0 Å². The van der Waals surface area contributed by atoms with Crippen LogP contribution in [0, 0.1) is 12.7 Å². The molecule has 0 saturated carbocycles. The van der Waals surface area contributed by atoms with Crippen LogP contribution in [0.1, 0.15) is 26.4 Å². The summed E-state index contributed by atoms with van der Waals surface area (Å²) in [6, 6.07) is 19.1. The molecule has 0 saturated heterocycles. The van der Waals surface area contributed by atoms with Gasteiger partial charge in [0.05, 0.1) is 33.6 Å². The Morgan fingerprint density at radius 2 is 1.69 bits per heavy atom. The van der Waals surface area contributed by atoms with E-state index in [9.17, 15) is 14.0 Å². The minimum atomic E-state index is -0.423. The molecule has 6 rings (SSSR count). The highest BCUT2D eigenvalue weighted by Gasteiger charge is 2.40. The second-order valence-corrected chi connectivity index (χ2v) is 7.67. The molecule has 0 radical (unpaired) electrons. The van der Waals surface area contributed by atoms with E-state index in [-0.39, 0.29) is 11.1 Å². The van der Waals surface area contributed by atoms with Crippen LogP contribution in [0.4, 0.5) is 10.1 Å². The van der Waals surface area contributed by atoms with Gasteiger partial charge in [0.1, 0.15) is 5.82 Å². The SMILES string of the molecule is Cc1nn(-c2cccc(F)c2)c2ncc3c(c12)C(=O)N(c1cccc2ccccc12)C3=O. The normalized spacial score (nSPS) is 13.4. The van der Waals surface area contributed by atoms with Crippen LogP contribution in [0.3, 0.4) is 0 Å². The highest BCUT2D eigenvalue weighted by molar-refractivity contribution is 6.38. The van der Waals surface area contributed by atoms with Crippen LogP contribution >= 0.6 is 0 Å². The van der Waals surface area contributed by atoms with E-state index in [0.717, 1.165) is 10.8 Å². The van der Waals surface area contributed by atoms with E-state index < -0.39 is 17.6 Å². The summed E-state index contributed by atoms with van der Waals surface area (Å²) in [6.45, 7) is 1.75. The Hall–Kier alpha value is -4.39. The zero-order valence-electron chi connectivity index (χ0n) is 16.9. The van der Waals surface area contributed by atoms with Gasteiger partial charge in [0, 0.05) is 11.6 Å². The molecule has 0 atom stereocenters. The quantitative estimate of drug-likeness (QED) is 0.383. The van der Waals surface area contributed by atoms with Crippen molar-refractivity contribution < 1.29 is 14.0 Å². The van der Waals surface area contributed by atoms with Gasteiger partial charge in [-0.15, -0.1) is 0 Å². The van der Waals surface area contributed by atoms with Gasteiger partial charge in [-0.2, -0.15) is 5.10 Å². The van der Waals surface area contributed by atoms with Crippen LogP contribution in [0.2, 0.25) is 0 Å². The third-order valence-corrected chi connectivity index (χ3v) is 5.78. The minimum absolute atomic E-state index is 0.234. The molecule has 2 aromatic heterocycles. The molecule has 5 aromatic rings. The molecular weight excluding hydrogens is 407 g/mol. The summed E-state index contributed by atoms with van der Waals surface area (Å²) in [6.07, 6.45) is 1.40. The summed E-state index contributed by atoms with van der Waals surface area (Å²) in [5.41, 5.74) is 2.45. The Morgan fingerprint density at radius 3 is 2.53 bits per heavy atom. The molecule has 3 heterocycles. The molecule has 0 bridgehead atoms. The number of hydrogen-bond donors (Lipinski definition) is 0. The first-order chi connectivity index (χ1) is 15.5. The van der Waals surface area contributed by atoms with Gasteiger partial charge in [0.2, 0.25) is 0 Å². The first-order valence-corrected chi connectivity index (χ1v) is 10.1. The fourth-order valence-corrected chi connectivity index (χ4v) is 4.37. The van der Waals surface area contributed by atoms with Gasteiger partial charge in [-0.1, -0.05) is 42.5 Å². The summed E-state index contributed by atoms with van der Waals surface area (Å²) in [5.74, 6) is -1.25. The highest BCUT2D eigenvalue weighted by Crippen LogP contribution is 2.37. The Labute approximate surface area is 181 Å². The zero-order valence-corrected chi connectivity index (χ0v) is 16.9. The lowest BCUT2D eigenvalue weighted by molar-refractivity contribution is 0.0927. The second-order valence-electron chi connectivity index (χ2n) is 7.67. The maximum atomic E-state index is 13.8. The van der Waals surface area contributed by atoms with Gasteiger partial charge in [-0.05, 0) is 36.6 Å². The molecule has 3 aromatic carbocycles. The highest BCUT2D eigenvalue weighted by atomic mass is 19.1. The summed E-state index contributed by atoms with van der Waals surface area (Å²) in [7, 11) is 0. The fraction of sp³-hybridized carbons (Fsp3) is 0.0400. The molecule has 154 valence electrons. The molecule has 0 spiro atoms. The summed E-state index contributed by atoms with van der Waals surface area (Å²) in [5, 5.41) is 6.72. The predicted octanol–water partition coefficient (Wildman–Crippen LogP) is 4.82. The largest absolute Gasteiger partial charge is 0.268 e. The van der Waals surface area contributed by atoms with E-state index in [1.54, 1.807) is 25.1 Å². The molecule has 1 aliphatic heterocycles. The van der Waals surface area contributed by atoms with Gasteiger partial charge in [-0.25, -0.2) is 19.0 Å². The van der Waals surface area contributed by atoms with Crippen molar-refractivity contribution in [1.29, 1.82) is 0 Å². The van der Waals surface area contributed by atoms with Crippen molar-refractivity contribution in [3.8, 4) is 5.69 Å². The molecule has 0 aliphatic carbocycles. The minimum Gasteiger partial charge on any atom is -0.268 e. The molecule has 2 amide bonds. The Morgan fingerprint density at radius 1 is 0.906 bits per heavy atom. The lowest BCUT2D eigenvalue weighted by atomic mass is 10.1. The monoisotopic (exact) mass is 422 g/mol. The second kappa shape index (κ2) is 6.55. The van der Waals surface area contributed by atoms with E-state index in [4.69, 9.17) is 0 Å². The zero-order chi connectivity index (χ0) is 22.0. The standard InChI is InChI=1S/C25H15FN4O2/c1-14-21-22-19(13-27-23(21)30(28-14)17-9-5-8-16(26)12-17)24(31)29(25(22)32)20-11-4-7-15-6-2-3-10-18(15)20/h2-13H,1H3. The van der Waals surface area contributed by atoms with E-state index in [2.05, 4.69) is 10.1 Å². The number of rotatable bonds is 2. The number of nitrogens with zero attached hydrogens (tertiary/aromatic N) is 4. The smallest absolute Gasteiger partial charge is 0.267 e. The van der Waals surface area contributed by atoms with Crippen LogP contribution in [0.25, 0.3) is 27.5 Å². The molecule has 32 heavy (non-hydrogen) atoms. The van der Waals surface area contributed by atoms with Crippen LogP contribution in [0.5, 0.6) is 0 Å². The maximum absolute atomic E-state index is 13.8. The first-order valence-electron chi connectivity index (χ1n) is 10.1. The van der Waals surface area contributed by atoms with E-state index in [0.29, 0.717) is 28.1 Å². The molecule has 1 aliphatic rings. The van der Waals surface area contributed by atoms with Crippen molar-refractivity contribution in [2.75, 3.05) is 4.90 Å². The number of amides is 2. The van der Waals surface area contributed by atoms with Crippen molar-refractivity contribution >= 4 is 39.3 Å². The summed E-state index contributed by atoms with van der Waals surface area (Å²) in [4.78, 5) is 32.5. The van der Waals surface area contributed by atoms with E-state index >= 15 is 0 Å². The first kappa shape index (κ1) is 18.4. The number of pyridine rings is 1. The van der Waals surface area contributed by atoms with Crippen LogP contribution in [0.15, 0.2) is 72.9 Å². The number of benzene rings is 3. The van der Waals surface area contributed by atoms with Crippen molar-refractivity contribution in [2.24, 2.45) is 0 Å². The topological polar surface area (TPSA) is 68.1 Å². The number of carbonyl (C=O) groups is 2. The van der Waals surface area contributed by atoms with Gasteiger partial charge in [0.15, 0.2) is 5.65 Å². The number of aromatic nitrogens is 3. The number of aryl methyl sites for hydroxylation is 1. The van der Waals surface area contributed by atoms with Gasteiger partial charge in [0.25, 0.3) is 11.8 Å². The predicted molar refractivity (Wildman–Crippen MR) is 119 cm³/mol.